The summed E-state index contributed by atoms with van der Waals surface area (Å²) >= 11 is 0. The standard InChI is InChI=1S/C18H30FNO/c1-17(2,3)9-10-21-13-15-11-14(7-8-16(15)19)12-20-18(4,5)6/h7-8,11,20H,9-10,12-13H2,1-6H3. The topological polar surface area (TPSA) is 21.3 Å². The molecule has 0 heterocycles. The third-order valence-corrected chi connectivity index (χ3v) is 3.19. The maximum absolute atomic E-state index is 13.8. The Kier molecular flexibility index (Phi) is 6.36. The Balaban J connectivity index is 2.53. The van der Waals surface area contributed by atoms with Gasteiger partial charge < -0.3 is 10.1 Å². The lowest BCUT2D eigenvalue weighted by molar-refractivity contribution is 0.0943. The highest BCUT2D eigenvalue weighted by molar-refractivity contribution is 5.24. The van der Waals surface area contributed by atoms with Gasteiger partial charge in [0.1, 0.15) is 5.82 Å². The molecule has 2 nitrogen and oxygen atoms in total. The van der Waals surface area contributed by atoms with E-state index in [0.717, 1.165) is 18.5 Å². The summed E-state index contributed by atoms with van der Waals surface area (Å²) in [5.74, 6) is -0.190. The van der Waals surface area contributed by atoms with Gasteiger partial charge in [0, 0.05) is 24.3 Å². The zero-order chi connectivity index (χ0) is 16.1. The van der Waals surface area contributed by atoms with E-state index in [4.69, 9.17) is 4.74 Å². The minimum absolute atomic E-state index is 0.0533. The molecule has 120 valence electrons. The second kappa shape index (κ2) is 7.37. The number of nitrogens with one attached hydrogen (secondary N) is 1. The number of hydrogen-bond donors (Lipinski definition) is 1. The first kappa shape index (κ1) is 18.1. The fourth-order valence-electron chi connectivity index (χ4n) is 1.78. The van der Waals surface area contributed by atoms with Crippen molar-refractivity contribution < 1.29 is 9.13 Å². The molecule has 0 amide bonds. The number of ether oxygens (including phenoxy) is 1. The van der Waals surface area contributed by atoms with Gasteiger partial charge >= 0.3 is 0 Å². The molecule has 0 unspecified atom stereocenters. The molecule has 1 aromatic rings. The predicted molar refractivity (Wildman–Crippen MR) is 86.7 cm³/mol. The van der Waals surface area contributed by atoms with Crippen molar-refractivity contribution in [2.75, 3.05) is 6.61 Å². The molecule has 0 atom stereocenters. The zero-order valence-corrected chi connectivity index (χ0v) is 14.3. The van der Waals surface area contributed by atoms with E-state index in [-0.39, 0.29) is 16.8 Å². The number of hydrogen-bond acceptors (Lipinski definition) is 2. The highest BCUT2D eigenvalue weighted by atomic mass is 19.1. The van der Waals surface area contributed by atoms with Crippen LogP contribution in [0.15, 0.2) is 18.2 Å². The lowest BCUT2D eigenvalue weighted by Crippen LogP contribution is -2.35. The van der Waals surface area contributed by atoms with Crippen molar-refractivity contribution in [3.63, 3.8) is 0 Å². The average molecular weight is 295 g/mol. The van der Waals surface area contributed by atoms with Crippen LogP contribution in [0.1, 0.15) is 59.1 Å². The molecule has 1 aromatic carbocycles. The molecule has 1 rings (SSSR count). The minimum atomic E-state index is -0.190. The van der Waals surface area contributed by atoms with Gasteiger partial charge in [-0.2, -0.15) is 0 Å². The van der Waals surface area contributed by atoms with Gasteiger partial charge in [0.05, 0.1) is 6.61 Å². The third-order valence-electron chi connectivity index (χ3n) is 3.19. The van der Waals surface area contributed by atoms with Crippen LogP contribution in [0, 0.1) is 11.2 Å². The molecule has 0 saturated carbocycles. The monoisotopic (exact) mass is 295 g/mol. The van der Waals surface area contributed by atoms with Crippen molar-refractivity contribution in [1.82, 2.24) is 5.32 Å². The molecule has 0 aliphatic carbocycles. The van der Waals surface area contributed by atoms with Crippen LogP contribution in [0.25, 0.3) is 0 Å². The van der Waals surface area contributed by atoms with Gasteiger partial charge in [-0.3, -0.25) is 0 Å². The van der Waals surface area contributed by atoms with E-state index in [0.29, 0.717) is 18.8 Å². The summed E-state index contributed by atoms with van der Waals surface area (Å²) in [6.07, 6.45) is 0.972. The summed E-state index contributed by atoms with van der Waals surface area (Å²) in [6, 6.07) is 5.25. The third kappa shape index (κ3) is 8.18. The largest absolute Gasteiger partial charge is 0.377 e. The molecule has 0 bridgehead atoms. The summed E-state index contributed by atoms with van der Waals surface area (Å²) in [6.45, 7) is 14.6. The van der Waals surface area contributed by atoms with Crippen molar-refractivity contribution in [1.29, 1.82) is 0 Å². The van der Waals surface area contributed by atoms with Crippen molar-refractivity contribution in [2.45, 2.75) is 66.7 Å². The lowest BCUT2D eigenvalue weighted by atomic mass is 9.93. The normalized spacial score (nSPS) is 12.7. The summed E-state index contributed by atoms with van der Waals surface area (Å²) in [7, 11) is 0. The fourth-order valence-corrected chi connectivity index (χ4v) is 1.78. The molecule has 21 heavy (non-hydrogen) atoms. The maximum Gasteiger partial charge on any atom is 0.128 e. The molecule has 0 saturated heterocycles. The first-order chi connectivity index (χ1) is 9.57. The van der Waals surface area contributed by atoms with Gasteiger partial charge in [0.15, 0.2) is 0 Å². The van der Waals surface area contributed by atoms with Crippen LogP contribution in [-0.2, 0) is 17.9 Å². The van der Waals surface area contributed by atoms with E-state index in [1.54, 1.807) is 0 Å². The molecule has 0 spiro atoms. The van der Waals surface area contributed by atoms with Crippen LogP contribution in [0.4, 0.5) is 4.39 Å². The average Bonchev–Trinajstić information content (AvgIpc) is 2.32. The van der Waals surface area contributed by atoms with Crippen LogP contribution in [0.2, 0.25) is 0 Å². The SMILES string of the molecule is CC(C)(C)CCOCc1cc(CNC(C)(C)C)ccc1F. The highest BCUT2D eigenvalue weighted by Crippen LogP contribution is 2.19. The number of benzene rings is 1. The van der Waals surface area contributed by atoms with Crippen molar-refractivity contribution in [3.8, 4) is 0 Å². The molecule has 0 fully saturated rings. The van der Waals surface area contributed by atoms with Gasteiger partial charge in [-0.1, -0.05) is 26.8 Å². The minimum Gasteiger partial charge on any atom is -0.377 e. The van der Waals surface area contributed by atoms with Crippen LogP contribution >= 0.6 is 0 Å². The second-order valence-corrected chi connectivity index (χ2v) is 7.89. The van der Waals surface area contributed by atoms with E-state index in [1.807, 2.05) is 12.1 Å². The summed E-state index contributed by atoms with van der Waals surface area (Å²) < 4.78 is 19.4. The van der Waals surface area contributed by atoms with Gasteiger partial charge in [-0.05, 0) is 50.3 Å². The number of halogens is 1. The molecule has 0 radical (unpaired) electrons. The van der Waals surface area contributed by atoms with E-state index in [9.17, 15) is 4.39 Å². The second-order valence-electron chi connectivity index (χ2n) is 7.89. The first-order valence-electron chi connectivity index (χ1n) is 7.67. The zero-order valence-electron chi connectivity index (χ0n) is 14.3. The molecule has 0 aliphatic heterocycles. The van der Waals surface area contributed by atoms with Gasteiger partial charge in [-0.15, -0.1) is 0 Å². The van der Waals surface area contributed by atoms with Crippen LogP contribution in [-0.4, -0.2) is 12.1 Å². The van der Waals surface area contributed by atoms with Crippen LogP contribution in [0.5, 0.6) is 0 Å². The van der Waals surface area contributed by atoms with E-state index in [1.165, 1.54) is 6.07 Å². The molecule has 0 aromatic heterocycles. The van der Waals surface area contributed by atoms with E-state index < -0.39 is 0 Å². The predicted octanol–water partition coefficient (Wildman–Crippen LogP) is 4.67. The summed E-state index contributed by atoms with van der Waals surface area (Å²) in [5.41, 5.74) is 2.02. The van der Waals surface area contributed by atoms with Gasteiger partial charge in [0.2, 0.25) is 0 Å². The van der Waals surface area contributed by atoms with Crippen molar-refractivity contribution >= 4 is 0 Å². The Hall–Kier alpha value is -0.930. The van der Waals surface area contributed by atoms with Gasteiger partial charge in [-0.25, -0.2) is 4.39 Å². The van der Waals surface area contributed by atoms with Crippen LogP contribution < -0.4 is 5.32 Å². The Morgan fingerprint density at radius 3 is 2.33 bits per heavy atom. The lowest BCUT2D eigenvalue weighted by Gasteiger charge is -2.21. The Morgan fingerprint density at radius 1 is 1.10 bits per heavy atom. The summed E-state index contributed by atoms with van der Waals surface area (Å²) in [4.78, 5) is 0. The summed E-state index contributed by atoms with van der Waals surface area (Å²) in [5, 5.41) is 3.41. The van der Waals surface area contributed by atoms with E-state index >= 15 is 0 Å². The maximum atomic E-state index is 13.8. The molecular weight excluding hydrogens is 265 g/mol. The molecule has 3 heteroatoms. The Morgan fingerprint density at radius 2 is 1.76 bits per heavy atom. The molecular formula is C18H30FNO. The highest BCUT2D eigenvalue weighted by Gasteiger charge is 2.11. The Bertz CT molecular complexity index is 444. The molecule has 0 aliphatic rings. The van der Waals surface area contributed by atoms with Crippen molar-refractivity contribution in [2.24, 2.45) is 5.41 Å². The quantitative estimate of drug-likeness (QED) is 0.770. The van der Waals surface area contributed by atoms with Gasteiger partial charge in [0.25, 0.3) is 0 Å². The first-order valence-corrected chi connectivity index (χ1v) is 7.67. The van der Waals surface area contributed by atoms with Crippen LogP contribution in [0.3, 0.4) is 0 Å². The number of rotatable bonds is 6. The fraction of sp³-hybridized carbons (Fsp3) is 0.667. The molecule has 1 N–H and O–H groups in total. The van der Waals surface area contributed by atoms with Crippen molar-refractivity contribution in [3.05, 3.63) is 35.1 Å². The smallest absolute Gasteiger partial charge is 0.128 e. The van der Waals surface area contributed by atoms with E-state index in [2.05, 4.69) is 46.9 Å². The Labute approximate surface area is 129 Å².